The minimum absolute atomic E-state index is 0.0555. The van der Waals surface area contributed by atoms with Crippen molar-refractivity contribution in [3.05, 3.63) is 45.9 Å². The van der Waals surface area contributed by atoms with Gasteiger partial charge in [-0.25, -0.2) is 4.98 Å². The first-order valence-corrected chi connectivity index (χ1v) is 9.82. The van der Waals surface area contributed by atoms with Crippen molar-refractivity contribution in [3.63, 3.8) is 0 Å². The molecule has 2 aliphatic rings. The van der Waals surface area contributed by atoms with Crippen molar-refractivity contribution in [2.45, 2.75) is 32.4 Å². The number of carbonyl (C=O) groups is 2. The molecule has 1 atom stereocenters. The van der Waals surface area contributed by atoms with Gasteiger partial charge in [-0.05, 0) is 38.0 Å². The van der Waals surface area contributed by atoms with Crippen LogP contribution in [0, 0.1) is 0 Å². The van der Waals surface area contributed by atoms with Crippen LogP contribution in [0.3, 0.4) is 0 Å². The molecule has 1 fully saturated rings. The molecule has 3 heterocycles. The Kier molecular flexibility index (Phi) is 4.63. The van der Waals surface area contributed by atoms with E-state index >= 15 is 0 Å². The average Bonchev–Trinajstić information content (AvgIpc) is 3.34. The SMILES string of the molecule is C[C@H]1COc2ccc(C(=O)N3CCCC3)cc2CN1C(=O)c1cscn1. The van der Waals surface area contributed by atoms with Gasteiger partial charge >= 0.3 is 0 Å². The summed E-state index contributed by atoms with van der Waals surface area (Å²) in [6, 6.07) is 5.47. The first-order chi connectivity index (χ1) is 12.6. The topological polar surface area (TPSA) is 62.7 Å². The van der Waals surface area contributed by atoms with E-state index in [1.165, 1.54) is 11.3 Å². The quantitative estimate of drug-likeness (QED) is 0.814. The molecule has 136 valence electrons. The molecule has 1 aromatic carbocycles. The zero-order valence-electron chi connectivity index (χ0n) is 14.7. The molecule has 0 N–H and O–H groups in total. The van der Waals surface area contributed by atoms with E-state index in [9.17, 15) is 9.59 Å². The van der Waals surface area contributed by atoms with Crippen LogP contribution >= 0.6 is 11.3 Å². The second kappa shape index (κ2) is 7.07. The lowest BCUT2D eigenvalue weighted by Crippen LogP contribution is -2.40. The van der Waals surface area contributed by atoms with Crippen LogP contribution in [0.5, 0.6) is 5.75 Å². The van der Waals surface area contributed by atoms with E-state index in [-0.39, 0.29) is 17.9 Å². The summed E-state index contributed by atoms with van der Waals surface area (Å²) in [7, 11) is 0. The number of amides is 2. The van der Waals surface area contributed by atoms with Crippen LogP contribution in [0.25, 0.3) is 0 Å². The van der Waals surface area contributed by atoms with Gasteiger partial charge < -0.3 is 14.5 Å². The Hall–Kier alpha value is -2.41. The highest BCUT2D eigenvalue weighted by atomic mass is 32.1. The van der Waals surface area contributed by atoms with Crippen LogP contribution in [0.1, 0.15) is 46.2 Å². The van der Waals surface area contributed by atoms with Gasteiger partial charge in [-0.15, -0.1) is 11.3 Å². The predicted molar refractivity (Wildman–Crippen MR) is 98.5 cm³/mol. The Morgan fingerprint density at radius 3 is 2.77 bits per heavy atom. The minimum atomic E-state index is -0.105. The standard InChI is InChI=1S/C19H21N3O3S/c1-13-10-25-17-5-4-14(18(23)21-6-2-3-7-21)8-15(17)9-22(13)19(24)16-11-26-12-20-16/h4-5,8,11-13H,2-3,6-7,9-10H2,1H3/t13-/m0/s1. The molecule has 0 aliphatic carbocycles. The number of fused-ring (bicyclic) bond motifs is 1. The highest BCUT2D eigenvalue weighted by Gasteiger charge is 2.28. The van der Waals surface area contributed by atoms with Gasteiger partial charge in [0.25, 0.3) is 11.8 Å². The van der Waals surface area contributed by atoms with Gasteiger partial charge in [0.15, 0.2) is 0 Å². The maximum atomic E-state index is 12.8. The van der Waals surface area contributed by atoms with E-state index in [1.54, 1.807) is 15.8 Å². The molecule has 2 aromatic rings. The molecule has 4 rings (SSSR count). The Morgan fingerprint density at radius 1 is 1.23 bits per heavy atom. The first-order valence-electron chi connectivity index (χ1n) is 8.87. The third-order valence-electron chi connectivity index (χ3n) is 4.97. The number of rotatable bonds is 2. The second-order valence-corrected chi connectivity index (χ2v) is 7.51. The molecule has 0 spiro atoms. The van der Waals surface area contributed by atoms with Crippen LogP contribution < -0.4 is 4.74 Å². The third kappa shape index (κ3) is 3.19. The molecule has 0 bridgehead atoms. The number of nitrogens with zero attached hydrogens (tertiary/aromatic N) is 3. The van der Waals surface area contributed by atoms with Crippen molar-refractivity contribution < 1.29 is 14.3 Å². The molecule has 26 heavy (non-hydrogen) atoms. The molecular weight excluding hydrogens is 350 g/mol. The molecular formula is C19H21N3O3S. The van der Waals surface area contributed by atoms with Gasteiger partial charge in [-0.1, -0.05) is 0 Å². The van der Waals surface area contributed by atoms with Crippen LogP contribution in [0.2, 0.25) is 0 Å². The van der Waals surface area contributed by atoms with Gasteiger partial charge in [0, 0.05) is 29.6 Å². The number of hydrogen-bond donors (Lipinski definition) is 0. The van der Waals surface area contributed by atoms with Crippen molar-refractivity contribution in [3.8, 4) is 5.75 Å². The Bertz CT molecular complexity index is 815. The van der Waals surface area contributed by atoms with Crippen molar-refractivity contribution in [2.75, 3.05) is 19.7 Å². The normalized spacial score (nSPS) is 19.7. The summed E-state index contributed by atoms with van der Waals surface area (Å²) in [6.07, 6.45) is 2.13. The smallest absolute Gasteiger partial charge is 0.273 e. The van der Waals surface area contributed by atoms with E-state index in [4.69, 9.17) is 4.74 Å². The molecule has 0 radical (unpaired) electrons. The summed E-state index contributed by atoms with van der Waals surface area (Å²) in [5.41, 5.74) is 3.63. The van der Waals surface area contributed by atoms with E-state index in [0.717, 1.165) is 37.2 Å². The van der Waals surface area contributed by atoms with E-state index in [1.807, 2.05) is 30.0 Å². The summed E-state index contributed by atoms with van der Waals surface area (Å²) in [6.45, 7) is 4.43. The van der Waals surface area contributed by atoms with E-state index in [0.29, 0.717) is 24.4 Å². The van der Waals surface area contributed by atoms with Crippen LogP contribution in [0.4, 0.5) is 0 Å². The highest BCUT2D eigenvalue weighted by molar-refractivity contribution is 7.07. The zero-order valence-corrected chi connectivity index (χ0v) is 15.5. The molecule has 0 unspecified atom stereocenters. The molecule has 2 aliphatic heterocycles. The highest BCUT2D eigenvalue weighted by Crippen LogP contribution is 2.28. The maximum Gasteiger partial charge on any atom is 0.273 e. The Balaban J connectivity index is 1.61. The largest absolute Gasteiger partial charge is 0.491 e. The Labute approximate surface area is 156 Å². The molecule has 1 aromatic heterocycles. The molecule has 6 nitrogen and oxygen atoms in total. The van der Waals surface area contributed by atoms with E-state index < -0.39 is 0 Å². The monoisotopic (exact) mass is 371 g/mol. The molecule has 1 saturated heterocycles. The fraction of sp³-hybridized carbons (Fsp3) is 0.421. The van der Waals surface area contributed by atoms with Gasteiger partial charge in [0.2, 0.25) is 0 Å². The number of likely N-dealkylation sites (tertiary alicyclic amines) is 1. The number of ether oxygens (including phenoxy) is 1. The van der Waals surface area contributed by atoms with Gasteiger partial charge in [0.05, 0.1) is 18.1 Å². The van der Waals surface area contributed by atoms with Gasteiger partial charge in [-0.3, -0.25) is 9.59 Å². The van der Waals surface area contributed by atoms with Crippen LogP contribution in [0.15, 0.2) is 29.1 Å². The maximum absolute atomic E-state index is 12.8. The first kappa shape index (κ1) is 17.0. The van der Waals surface area contributed by atoms with Gasteiger partial charge in [-0.2, -0.15) is 0 Å². The predicted octanol–water partition coefficient (Wildman–Crippen LogP) is 2.80. The van der Waals surface area contributed by atoms with Crippen molar-refractivity contribution in [1.29, 1.82) is 0 Å². The van der Waals surface area contributed by atoms with Crippen LogP contribution in [-0.4, -0.2) is 52.3 Å². The summed E-state index contributed by atoms with van der Waals surface area (Å²) < 4.78 is 5.88. The summed E-state index contributed by atoms with van der Waals surface area (Å²) in [5.74, 6) is 0.690. The fourth-order valence-electron chi connectivity index (χ4n) is 3.46. The van der Waals surface area contributed by atoms with E-state index in [2.05, 4.69) is 4.98 Å². The molecule has 0 saturated carbocycles. The lowest BCUT2D eigenvalue weighted by Gasteiger charge is -2.25. The number of carbonyl (C=O) groups excluding carboxylic acids is 2. The molecule has 2 amide bonds. The number of thiazole rings is 1. The Morgan fingerprint density at radius 2 is 2.04 bits per heavy atom. The van der Waals surface area contributed by atoms with Crippen LogP contribution in [-0.2, 0) is 6.54 Å². The van der Waals surface area contributed by atoms with Crippen molar-refractivity contribution in [1.82, 2.24) is 14.8 Å². The number of aromatic nitrogens is 1. The van der Waals surface area contributed by atoms with Crippen molar-refractivity contribution >= 4 is 23.2 Å². The van der Waals surface area contributed by atoms with Gasteiger partial charge in [0.1, 0.15) is 18.1 Å². The second-order valence-electron chi connectivity index (χ2n) is 6.79. The zero-order chi connectivity index (χ0) is 18.1. The summed E-state index contributed by atoms with van der Waals surface area (Å²) >= 11 is 1.40. The summed E-state index contributed by atoms with van der Waals surface area (Å²) in [4.78, 5) is 33.3. The lowest BCUT2D eigenvalue weighted by molar-refractivity contribution is 0.0640. The number of hydrogen-bond acceptors (Lipinski definition) is 5. The van der Waals surface area contributed by atoms with Crippen molar-refractivity contribution in [2.24, 2.45) is 0 Å². The number of benzene rings is 1. The summed E-state index contributed by atoms with van der Waals surface area (Å²) in [5, 5.41) is 1.76. The fourth-order valence-corrected chi connectivity index (χ4v) is 3.98. The third-order valence-corrected chi connectivity index (χ3v) is 5.55. The minimum Gasteiger partial charge on any atom is -0.491 e. The molecule has 7 heteroatoms. The lowest BCUT2D eigenvalue weighted by atomic mass is 10.1. The average molecular weight is 371 g/mol.